The standard InChI is InChI=1S/C30H26BrN5O3/c31-25-10-11-27(24-5-2-1-4-23(24)25)39-19-28(37)34-22-8-6-20(7-9-22)21-12-16-35(17-13-21)29(38)26-18-33-30-32-14-3-15-36(26)30/h1-11,14-15,18,21H,12-13,16-17,19H2,(H,34,37). The highest BCUT2D eigenvalue weighted by molar-refractivity contribution is 9.10. The average molecular weight is 584 g/mol. The zero-order chi connectivity index (χ0) is 26.8. The lowest BCUT2D eigenvalue weighted by Gasteiger charge is -2.32. The predicted molar refractivity (Wildman–Crippen MR) is 153 cm³/mol. The van der Waals surface area contributed by atoms with Gasteiger partial charge in [-0.05, 0) is 60.0 Å². The van der Waals surface area contributed by atoms with Gasteiger partial charge in [0.15, 0.2) is 6.61 Å². The molecule has 1 saturated heterocycles. The van der Waals surface area contributed by atoms with E-state index in [1.807, 2.05) is 59.6 Å². The fourth-order valence-corrected chi connectivity index (χ4v) is 5.58. The van der Waals surface area contributed by atoms with E-state index in [9.17, 15) is 9.59 Å². The van der Waals surface area contributed by atoms with E-state index in [0.717, 1.165) is 33.8 Å². The summed E-state index contributed by atoms with van der Waals surface area (Å²) < 4.78 is 8.55. The number of aromatic nitrogens is 3. The Morgan fingerprint density at radius 3 is 2.51 bits per heavy atom. The van der Waals surface area contributed by atoms with Gasteiger partial charge < -0.3 is 15.0 Å². The number of hydrogen-bond acceptors (Lipinski definition) is 5. The molecule has 0 saturated carbocycles. The van der Waals surface area contributed by atoms with E-state index >= 15 is 0 Å². The number of nitrogens with zero attached hydrogens (tertiary/aromatic N) is 4. The van der Waals surface area contributed by atoms with Crippen LogP contribution < -0.4 is 10.1 Å². The molecule has 8 nitrogen and oxygen atoms in total. The van der Waals surface area contributed by atoms with E-state index in [-0.39, 0.29) is 18.4 Å². The van der Waals surface area contributed by atoms with Crippen LogP contribution in [0.1, 0.15) is 34.8 Å². The highest BCUT2D eigenvalue weighted by Gasteiger charge is 2.26. The van der Waals surface area contributed by atoms with Crippen molar-refractivity contribution < 1.29 is 14.3 Å². The third-order valence-electron chi connectivity index (χ3n) is 7.15. The molecule has 0 bridgehead atoms. The van der Waals surface area contributed by atoms with Gasteiger partial charge in [-0.1, -0.05) is 52.3 Å². The van der Waals surface area contributed by atoms with Crippen LogP contribution in [0.25, 0.3) is 16.6 Å². The Balaban J connectivity index is 1.02. The van der Waals surface area contributed by atoms with Crippen LogP contribution >= 0.6 is 15.9 Å². The molecule has 6 rings (SSSR count). The van der Waals surface area contributed by atoms with Gasteiger partial charge in [0.2, 0.25) is 5.78 Å². The molecule has 0 unspecified atom stereocenters. The predicted octanol–water partition coefficient (Wildman–Crippen LogP) is 5.68. The van der Waals surface area contributed by atoms with E-state index < -0.39 is 0 Å². The second kappa shape index (κ2) is 10.9. The summed E-state index contributed by atoms with van der Waals surface area (Å²) in [6.45, 7) is 1.28. The second-order valence-corrected chi connectivity index (χ2v) is 10.4. The number of likely N-dealkylation sites (tertiary alicyclic amines) is 1. The molecule has 1 fully saturated rings. The van der Waals surface area contributed by atoms with Crippen LogP contribution in [0, 0.1) is 0 Å². The average Bonchev–Trinajstić information content (AvgIpc) is 3.41. The summed E-state index contributed by atoms with van der Waals surface area (Å²) in [6, 6.07) is 21.4. The number of piperidine rings is 1. The number of benzene rings is 3. The first-order chi connectivity index (χ1) is 19.1. The molecule has 2 amide bonds. The summed E-state index contributed by atoms with van der Waals surface area (Å²) in [5.74, 6) is 1.31. The minimum Gasteiger partial charge on any atom is -0.483 e. The molecule has 1 aliphatic rings. The van der Waals surface area contributed by atoms with Gasteiger partial charge in [-0.2, -0.15) is 0 Å². The van der Waals surface area contributed by atoms with Crippen molar-refractivity contribution in [3.63, 3.8) is 0 Å². The number of rotatable bonds is 6. The Bertz CT molecular complexity index is 1660. The molecule has 9 heteroatoms. The Hall–Kier alpha value is -4.24. The first kappa shape index (κ1) is 25.1. The molecular weight excluding hydrogens is 558 g/mol. The van der Waals surface area contributed by atoms with Gasteiger partial charge in [0.1, 0.15) is 11.4 Å². The van der Waals surface area contributed by atoms with E-state index in [2.05, 4.69) is 43.3 Å². The Morgan fingerprint density at radius 1 is 0.949 bits per heavy atom. The Kier molecular flexibility index (Phi) is 6.98. The Labute approximate surface area is 233 Å². The topological polar surface area (TPSA) is 88.8 Å². The fraction of sp³-hybridized carbons (Fsp3) is 0.200. The summed E-state index contributed by atoms with van der Waals surface area (Å²) >= 11 is 3.56. The van der Waals surface area contributed by atoms with Crippen LogP contribution in [0.2, 0.25) is 0 Å². The number of anilines is 1. The van der Waals surface area contributed by atoms with Crippen LogP contribution in [0.4, 0.5) is 5.69 Å². The number of ether oxygens (including phenoxy) is 1. The lowest BCUT2D eigenvalue weighted by Crippen LogP contribution is -2.38. The van der Waals surface area contributed by atoms with E-state index in [1.54, 1.807) is 22.9 Å². The Morgan fingerprint density at radius 2 is 1.72 bits per heavy atom. The summed E-state index contributed by atoms with van der Waals surface area (Å²) in [6.07, 6.45) is 6.82. The van der Waals surface area contributed by atoms with Gasteiger partial charge in [0, 0.05) is 41.0 Å². The van der Waals surface area contributed by atoms with Crippen LogP contribution in [0.3, 0.4) is 0 Å². The van der Waals surface area contributed by atoms with Gasteiger partial charge in [0.05, 0.1) is 6.20 Å². The summed E-state index contributed by atoms with van der Waals surface area (Å²) in [4.78, 5) is 35.9. The van der Waals surface area contributed by atoms with Crippen LogP contribution in [0.15, 0.2) is 89.8 Å². The minimum absolute atomic E-state index is 0.0228. The first-order valence-corrected chi connectivity index (χ1v) is 13.6. The van der Waals surface area contributed by atoms with Gasteiger partial charge in [0.25, 0.3) is 11.8 Å². The van der Waals surface area contributed by atoms with E-state index in [4.69, 9.17) is 4.74 Å². The lowest BCUT2D eigenvalue weighted by molar-refractivity contribution is -0.118. The van der Waals surface area contributed by atoms with Crippen molar-refractivity contribution >= 4 is 50.0 Å². The number of imidazole rings is 1. The van der Waals surface area contributed by atoms with E-state index in [0.29, 0.717) is 36.2 Å². The lowest BCUT2D eigenvalue weighted by atomic mass is 9.89. The summed E-state index contributed by atoms with van der Waals surface area (Å²) in [5, 5.41) is 4.90. The summed E-state index contributed by atoms with van der Waals surface area (Å²) in [7, 11) is 0. The monoisotopic (exact) mass is 583 g/mol. The summed E-state index contributed by atoms with van der Waals surface area (Å²) in [5.41, 5.74) is 2.47. The molecular formula is C30H26BrN5O3. The van der Waals surface area contributed by atoms with Crippen LogP contribution in [-0.4, -0.2) is 50.8 Å². The van der Waals surface area contributed by atoms with Crippen molar-refractivity contribution in [3.8, 4) is 5.75 Å². The van der Waals surface area contributed by atoms with Gasteiger partial charge in [-0.3, -0.25) is 14.0 Å². The number of amides is 2. The maximum absolute atomic E-state index is 13.1. The maximum Gasteiger partial charge on any atom is 0.272 e. The zero-order valence-electron chi connectivity index (χ0n) is 21.1. The molecule has 2 aromatic heterocycles. The highest BCUT2D eigenvalue weighted by Crippen LogP contribution is 2.32. The highest BCUT2D eigenvalue weighted by atomic mass is 79.9. The molecule has 1 N–H and O–H groups in total. The number of fused-ring (bicyclic) bond motifs is 2. The smallest absolute Gasteiger partial charge is 0.272 e. The molecule has 0 aliphatic carbocycles. The molecule has 3 aromatic carbocycles. The van der Waals surface area contributed by atoms with Gasteiger partial charge in [-0.25, -0.2) is 9.97 Å². The fourth-order valence-electron chi connectivity index (χ4n) is 5.10. The largest absolute Gasteiger partial charge is 0.483 e. The quantitative estimate of drug-likeness (QED) is 0.278. The zero-order valence-corrected chi connectivity index (χ0v) is 22.7. The number of hydrogen-bond donors (Lipinski definition) is 1. The second-order valence-electron chi connectivity index (χ2n) is 9.55. The van der Waals surface area contributed by atoms with Gasteiger partial charge >= 0.3 is 0 Å². The van der Waals surface area contributed by atoms with Crippen molar-refractivity contribution in [2.24, 2.45) is 0 Å². The molecule has 0 spiro atoms. The van der Waals surface area contributed by atoms with Gasteiger partial charge in [-0.15, -0.1) is 0 Å². The SMILES string of the molecule is O=C(COc1ccc(Br)c2ccccc12)Nc1ccc(C2CCN(C(=O)c3cnc4ncccn34)CC2)cc1. The molecule has 0 atom stereocenters. The van der Waals surface area contributed by atoms with Crippen molar-refractivity contribution in [2.45, 2.75) is 18.8 Å². The molecule has 5 aromatic rings. The third-order valence-corrected chi connectivity index (χ3v) is 7.84. The van der Waals surface area contributed by atoms with Crippen molar-refractivity contribution in [2.75, 3.05) is 25.0 Å². The van der Waals surface area contributed by atoms with Crippen LogP contribution in [-0.2, 0) is 4.79 Å². The number of halogens is 1. The molecule has 196 valence electrons. The minimum atomic E-state index is -0.218. The van der Waals surface area contributed by atoms with Crippen LogP contribution in [0.5, 0.6) is 5.75 Å². The molecule has 3 heterocycles. The van der Waals surface area contributed by atoms with E-state index in [1.165, 1.54) is 5.56 Å². The normalized spacial score (nSPS) is 14.0. The van der Waals surface area contributed by atoms with Crippen molar-refractivity contribution in [1.29, 1.82) is 0 Å². The maximum atomic E-state index is 13.1. The van der Waals surface area contributed by atoms with Crippen molar-refractivity contribution in [1.82, 2.24) is 19.3 Å². The molecule has 0 radical (unpaired) electrons. The number of nitrogens with one attached hydrogen (secondary N) is 1. The molecule has 39 heavy (non-hydrogen) atoms. The first-order valence-electron chi connectivity index (χ1n) is 12.8. The number of carbonyl (C=O) groups is 2. The number of carbonyl (C=O) groups excluding carboxylic acids is 2. The molecule has 1 aliphatic heterocycles. The third kappa shape index (κ3) is 5.22. The van der Waals surface area contributed by atoms with Crippen molar-refractivity contribution in [3.05, 3.63) is 101 Å².